The van der Waals surface area contributed by atoms with Crippen LogP contribution in [-0.2, 0) is 0 Å². The second-order valence-corrected chi connectivity index (χ2v) is 9.02. The van der Waals surface area contributed by atoms with Crippen molar-refractivity contribution in [3.05, 3.63) is 48.7 Å². The Morgan fingerprint density at radius 1 is 0.970 bits per heavy atom. The second-order valence-electron chi connectivity index (χ2n) is 9.02. The third-order valence-corrected chi connectivity index (χ3v) is 6.98. The molecule has 0 aliphatic carbocycles. The Morgan fingerprint density at radius 2 is 1.82 bits per heavy atom. The van der Waals surface area contributed by atoms with Crippen molar-refractivity contribution < 1.29 is 5.11 Å². The molecular formula is C21H25N11O. The fourth-order valence-corrected chi connectivity index (χ4v) is 5.04. The monoisotopic (exact) mass is 447 g/mol. The normalized spacial score (nSPS) is 19.5. The summed E-state index contributed by atoms with van der Waals surface area (Å²) in [6, 6.07) is 7.70. The first-order valence-corrected chi connectivity index (χ1v) is 11.2. The van der Waals surface area contributed by atoms with Crippen LogP contribution in [0.5, 0.6) is 0 Å². The molecule has 2 aliphatic rings. The summed E-state index contributed by atoms with van der Waals surface area (Å²) in [6.07, 6.45) is 7.69. The fraction of sp³-hybridized carbons (Fsp3) is 0.476. The van der Waals surface area contributed by atoms with Crippen LogP contribution in [0.25, 0.3) is 11.5 Å². The lowest BCUT2D eigenvalue weighted by molar-refractivity contribution is 0.114. The average molecular weight is 448 g/mol. The summed E-state index contributed by atoms with van der Waals surface area (Å²) in [5.74, 6) is 1.60. The first kappa shape index (κ1) is 20.1. The van der Waals surface area contributed by atoms with E-state index in [9.17, 15) is 5.11 Å². The zero-order chi connectivity index (χ0) is 22.3. The molecule has 4 aromatic rings. The smallest absolute Gasteiger partial charge is 0.177 e. The van der Waals surface area contributed by atoms with E-state index in [0.717, 1.165) is 56.0 Å². The van der Waals surface area contributed by atoms with Gasteiger partial charge in [0.25, 0.3) is 0 Å². The van der Waals surface area contributed by atoms with Gasteiger partial charge in [-0.2, -0.15) is 9.20 Å². The topological polar surface area (TPSA) is 126 Å². The molecule has 0 saturated carbocycles. The van der Waals surface area contributed by atoms with Crippen LogP contribution in [0, 0.1) is 5.41 Å². The summed E-state index contributed by atoms with van der Waals surface area (Å²) in [5, 5.41) is 34.4. The molecule has 1 unspecified atom stereocenters. The fourth-order valence-electron chi connectivity index (χ4n) is 5.04. The zero-order valence-corrected chi connectivity index (χ0v) is 18.1. The van der Waals surface area contributed by atoms with Crippen LogP contribution in [0.15, 0.2) is 43.1 Å². The van der Waals surface area contributed by atoms with Gasteiger partial charge < -0.3 is 10.0 Å². The number of hydrogen-bond donors (Lipinski definition) is 1. The first-order chi connectivity index (χ1) is 16.2. The predicted octanol–water partition coefficient (Wildman–Crippen LogP) is 0.521. The van der Waals surface area contributed by atoms with Gasteiger partial charge in [0.2, 0.25) is 0 Å². The number of aromatic nitrogens is 9. The van der Waals surface area contributed by atoms with Crippen molar-refractivity contribution in [3.8, 4) is 5.82 Å². The molecule has 1 N–H and O–H groups in total. The maximum absolute atomic E-state index is 10.8. The third kappa shape index (κ3) is 3.91. The maximum atomic E-state index is 10.8. The lowest BCUT2D eigenvalue weighted by atomic mass is 9.78. The Labute approximate surface area is 189 Å². The number of aliphatic hydroxyl groups excluding tert-OH is 1. The van der Waals surface area contributed by atoms with E-state index in [1.54, 1.807) is 17.0 Å². The summed E-state index contributed by atoms with van der Waals surface area (Å²) in [5.41, 5.74) is 1.88. The molecule has 2 saturated heterocycles. The lowest BCUT2D eigenvalue weighted by Gasteiger charge is -2.40. The van der Waals surface area contributed by atoms with Gasteiger partial charge in [0.15, 0.2) is 11.5 Å². The second kappa shape index (κ2) is 8.12. The van der Waals surface area contributed by atoms with Crippen molar-refractivity contribution in [2.45, 2.75) is 25.4 Å². The largest absolute Gasteiger partial charge is 0.387 e. The van der Waals surface area contributed by atoms with E-state index in [2.05, 4.69) is 45.6 Å². The van der Waals surface area contributed by atoms with Gasteiger partial charge in [0, 0.05) is 37.9 Å². The predicted molar refractivity (Wildman–Crippen MR) is 118 cm³/mol. The number of piperidine rings is 1. The molecule has 1 atom stereocenters. The van der Waals surface area contributed by atoms with Gasteiger partial charge in [-0.3, -0.25) is 4.90 Å². The number of nitrogens with zero attached hydrogens (tertiary/aromatic N) is 11. The summed E-state index contributed by atoms with van der Waals surface area (Å²) in [4.78, 5) is 9.11. The molecule has 2 aliphatic heterocycles. The highest BCUT2D eigenvalue weighted by molar-refractivity contribution is 5.45. The molecule has 2 fully saturated rings. The van der Waals surface area contributed by atoms with Crippen LogP contribution >= 0.6 is 0 Å². The van der Waals surface area contributed by atoms with Crippen LogP contribution < -0.4 is 4.90 Å². The molecule has 1 spiro atoms. The summed E-state index contributed by atoms with van der Waals surface area (Å²) >= 11 is 0. The van der Waals surface area contributed by atoms with Gasteiger partial charge in [-0.05, 0) is 59.8 Å². The number of rotatable bonds is 5. The van der Waals surface area contributed by atoms with Gasteiger partial charge in [-0.1, -0.05) is 6.07 Å². The number of fused-ring (bicyclic) bond motifs is 1. The Hall–Kier alpha value is -3.51. The lowest BCUT2D eigenvalue weighted by Crippen LogP contribution is -2.42. The average Bonchev–Trinajstić information content (AvgIpc) is 3.61. The number of β-amino-alcohol motifs (C(OH)–C–C–N with tert-alkyl or cyclic N) is 1. The van der Waals surface area contributed by atoms with Crippen LogP contribution in [0.4, 0.5) is 5.82 Å². The van der Waals surface area contributed by atoms with E-state index in [4.69, 9.17) is 0 Å². The van der Waals surface area contributed by atoms with E-state index < -0.39 is 6.10 Å². The highest BCUT2D eigenvalue weighted by atomic mass is 16.3. The number of tetrazole rings is 1. The summed E-state index contributed by atoms with van der Waals surface area (Å²) in [6.45, 7) is 4.62. The summed E-state index contributed by atoms with van der Waals surface area (Å²) < 4.78 is 3.22. The number of hydrogen-bond acceptors (Lipinski definition) is 10. The quantitative estimate of drug-likeness (QED) is 0.463. The molecule has 33 heavy (non-hydrogen) atoms. The van der Waals surface area contributed by atoms with E-state index in [1.165, 1.54) is 17.4 Å². The van der Waals surface area contributed by atoms with Crippen LogP contribution in [-0.4, -0.2) is 87.7 Å². The van der Waals surface area contributed by atoms with Crippen LogP contribution in [0.2, 0.25) is 0 Å². The Morgan fingerprint density at radius 3 is 2.61 bits per heavy atom. The maximum Gasteiger partial charge on any atom is 0.177 e. The van der Waals surface area contributed by atoms with Crippen molar-refractivity contribution in [2.24, 2.45) is 5.41 Å². The standard InChI is InChI=1S/C21H25N11O/c33-17(16-1-2-18(22-11-16)32-15-24-27-28-32)12-29-8-5-21(13-29)6-9-30(10-7-21)20-4-3-19-25-23-14-31(19)26-20/h1-4,11,14-15,17,33H,5-10,12-13H2. The van der Waals surface area contributed by atoms with Gasteiger partial charge in [0.05, 0.1) is 6.10 Å². The summed E-state index contributed by atoms with van der Waals surface area (Å²) in [7, 11) is 0. The molecule has 6 rings (SSSR count). The highest BCUT2D eigenvalue weighted by Crippen LogP contribution is 2.41. The van der Waals surface area contributed by atoms with Crippen molar-refractivity contribution in [2.75, 3.05) is 37.6 Å². The van der Waals surface area contributed by atoms with Crippen molar-refractivity contribution in [1.82, 2.24) is 49.9 Å². The molecule has 0 amide bonds. The number of aliphatic hydroxyl groups is 1. The van der Waals surface area contributed by atoms with Crippen LogP contribution in [0.1, 0.15) is 30.9 Å². The molecule has 4 aromatic heterocycles. The zero-order valence-electron chi connectivity index (χ0n) is 18.1. The number of likely N-dealkylation sites (tertiary alicyclic amines) is 1. The number of pyridine rings is 1. The van der Waals surface area contributed by atoms with E-state index in [1.807, 2.05) is 24.3 Å². The molecule has 170 valence electrons. The molecular weight excluding hydrogens is 422 g/mol. The van der Waals surface area contributed by atoms with E-state index >= 15 is 0 Å². The van der Waals surface area contributed by atoms with Gasteiger partial charge in [-0.15, -0.1) is 20.4 Å². The molecule has 12 nitrogen and oxygen atoms in total. The minimum atomic E-state index is -0.574. The van der Waals surface area contributed by atoms with Crippen molar-refractivity contribution in [3.63, 3.8) is 0 Å². The van der Waals surface area contributed by atoms with Crippen molar-refractivity contribution in [1.29, 1.82) is 0 Å². The van der Waals surface area contributed by atoms with E-state index in [-0.39, 0.29) is 0 Å². The van der Waals surface area contributed by atoms with Crippen LogP contribution in [0.3, 0.4) is 0 Å². The SMILES string of the molecule is OC(CN1CCC2(CCN(c3ccc4nncn4n3)CC2)C1)c1ccc(-n2cnnn2)nc1. The van der Waals surface area contributed by atoms with E-state index in [0.29, 0.717) is 17.8 Å². The molecule has 0 radical (unpaired) electrons. The first-order valence-electron chi connectivity index (χ1n) is 11.2. The Kier molecular flexibility index (Phi) is 4.95. The van der Waals surface area contributed by atoms with Gasteiger partial charge in [-0.25, -0.2) is 4.98 Å². The Bertz CT molecular complexity index is 1210. The number of anilines is 1. The minimum Gasteiger partial charge on any atom is -0.387 e. The van der Waals surface area contributed by atoms with Gasteiger partial charge >= 0.3 is 0 Å². The molecule has 12 heteroatoms. The highest BCUT2D eigenvalue weighted by Gasteiger charge is 2.41. The minimum absolute atomic E-state index is 0.319. The molecule has 0 bridgehead atoms. The molecule has 0 aromatic carbocycles. The van der Waals surface area contributed by atoms with Crippen molar-refractivity contribution >= 4 is 11.5 Å². The third-order valence-electron chi connectivity index (χ3n) is 6.98. The van der Waals surface area contributed by atoms with Gasteiger partial charge in [0.1, 0.15) is 18.5 Å². The Balaban J connectivity index is 1.05. The molecule has 6 heterocycles.